The van der Waals surface area contributed by atoms with Gasteiger partial charge in [0.25, 0.3) is 0 Å². The first-order valence-electron chi connectivity index (χ1n) is 10.3. The minimum Gasteiger partial charge on any atom is -0.493 e. The topological polar surface area (TPSA) is 71.1 Å². The van der Waals surface area contributed by atoms with E-state index in [1.807, 2.05) is 68.3 Å². The van der Waals surface area contributed by atoms with Crippen molar-refractivity contribution in [1.82, 2.24) is 9.80 Å². The Morgan fingerprint density at radius 3 is 2.26 bits per heavy atom. The maximum Gasteiger partial charge on any atom is 0.243 e. The first-order valence-corrected chi connectivity index (χ1v) is 10.3. The molecule has 1 atom stereocenters. The molecule has 2 rings (SSSR count). The van der Waals surface area contributed by atoms with Crippen molar-refractivity contribution in [3.05, 3.63) is 53.6 Å². The number of nitrogens with zero attached hydrogens (tertiary/aromatic N) is 2. The number of ether oxygens (including phenoxy) is 2. The van der Waals surface area contributed by atoms with Gasteiger partial charge in [-0.1, -0.05) is 23.8 Å². The van der Waals surface area contributed by atoms with Crippen molar-refractivity contribution in [2.24, 2.45) is 0 Å². The highest BCUT2D eigenvalue weighted by atomic mass is 16.5. The summed E-state index contributed by atoms with van der Waals surface area (Å²) in [5, 5.41) is 2.82. The molecule has 0 aliphatic heterocycles. The Balaban J connectivity index is 1.86. The van der Waals surface area contributed by atoms with Crippen molar-refractivity contribution in [1.29, 1.82) is 0 Å². The normalized spacial score (nSPS) is 11.7. The Hall–Kier alpha value is -3.06. The summed E-state index contributed by atoms with van der Waals surface area (Å²) in [4.78, 5) is 28.5. The Morgan fingerprint density at radius 1 is 1.00 bits per heavy atom. The van der Waals surface area contributed by atoms with Crippen molar-refractivity contribution >= 4 is 17.5 Å². The summed E-state index contributed by atoms with van der Waals surface area (Å²) >= 11 is 0. The van der Waals surface area contributed by atoms with Gasteiger partial charge in [0.15, 0.2) is 11.5 Å². The van der Waals surface area contributed by atoms with Crippen LogP contribution in [0.1, 0.15) is 18.1 Å². The zero-order valence-electron chi connectivity index (χ0n) is 19.3. The molecule has 0 bridgehead atoms. The van der Waals surface area contributed by atoms with E-state index in [0.717, 1.165) is 23.2 Å². The predicted octanol–water partition coefficient (Wildman–Crippen LogP) is 2.97. The van der Waals surface area contributed by atoms with Gasteiger partial charge in [0.1, 0.15) is 0 Å². The molecule has 0 aromatic heterocycles. The van der Waals surface area contributed by atoms with Gasteiger partial charge in [0, 0.05) is 19.3 Å². The van der Waals surface area contributed by atoms with Crippen molar-refractivity contribution in [2.75, 3.05) is 46.7 Å². The van der Waals surface area contributed by atoms with Crippen LogP contribution in [0, 0.1) is 6.92 Å². The lowest BCUT2D eigenvalue weighted by Crippen LogP contribution is -2.46. The van der Waals surface area contributed by atoms with E-state index in [9.17, 15) is 9.59 Å². The highest BCUT2D eigenvalue weighted by molar-refractivity contribution is 5.95. The Morgan fingerprint density at radius 2 is 1.65 bits per heavy atom. The molecule has 0 aliphatic carbocycles. The summed E-state index contributed by atoms with van der Waals surface area (Å²) in [6.45, 7) is 4.53. The predicted molar refractivity (Wildman–Crippen MR) is 123 cm³/mol. The molecule has 0 saturated carbocycles. The van der Waals surface area contributed by atoms with Gasteiger partial charge in [-0.2, -0.15) is 0 Å². The van der Waals surface area contributed by atoms with E-state index in [-0.39, 0.29) is 24.4 Å². The van der Waals surface area contributed by atoms with Crippen LogP contribution in [0.15, 0.2) is 42.5 Å². The fourth-order valence-corrected chi connectivity index (χ4v) is 3.17. The van der Waals surface area contributed by atoms with Crippen LogP contribution in [-0.4, -0.2) is 69.1 Å². The van der Waals surface area contributed by atoms with E-state index in [0.29, 0.717) is 18.0 Å². The molecule has 2 aromatic carbocycles. The van der Waals surface area contributed by atoms with E-state index >= 15 is 0 Å². The Kier molecular flexibility index (Phi) is 8.88. The first-order chi connectivity index (χ1) is 14.7. The van der Waals surface area contributed by atoms with Crippen LogP contribution in [0.3, 0.4) is 0 Å². The van der Waals surface area contributed by atoms with Gasteiger partial charge in [-0.15, -0.1) is 0 Å². The average Bonchev–Trinajstić information content (AvgIpc) is 2.77. The number of hydrogen-bond donors (Lipinski definition) is 1. The lowest BCUT2D eigenvalue weighted by Gasteiger charge is -2.28. The quantitative estimate of drug-likeness (QED) is 0.631. The van der Waals surface area contributed by atoms with E-state index < -0.39 is 0 Å². The molecular formula is C24H33N3O4. The van der Waals surface area contributed by atoms with Gasteiger partial charge in [-0.3, -0.25) is 14.5 Å². The summed E-state index contributed by atoms with van der Waals surface area (Å²) in [6, 6.07) is 13.0. The molecule has 0 unspecified atom stereocenters. The lowest BCUT2D eigenvalue weighted by molar-refractivity contribution is -0.137. The molecule has 0 aliphatic rings. The molecule has 0 heterocycles. The van der Waals surface area contributed by atoms with Gasteiger partial charge in [-0.05, 0) is 57.1 Å². The number of hydrogen-bond acceptors (Lipinski definition) is 5. The van der Waals surface area contributed by atoms with E-state index in [2.05, 4.69) is 5.32 Å². The SMILES string of the molecule is COc1ccc(CCN(C)[C@@H](C)C(=O)N(C)CC(=O)Nc2ccc(C)cc2)cc1OC. The maximum absolute atomic E-state index is 12.8. The fourth-order valence-electron chi connectivity index (χ4n) is 3.17. The van der Waals surface area contributed by atoms with Crippen LogP contribution in [0.4, 0.5) is 5.69 Å². The highest BCUT2D eigenvalue weighted by Gasteiger charge is 2.23. The monoisotopic (exact) mass is 427 g/mol. The first kappa shape index (κ1) is 24.2. The second kappa shape index (κ2) is 11.4. The van der Waals surface area contributed by atoms with Gasteiger partial charge in [0.05, 0.1) is 26.8 Å². The average molecular weight is 428 g/mol. The molecule has 0 spiro atoms. The van der Waals surface area contributed by atoms with E-state index in [1.165, 1.54) is 4.90 Å². The number of nitrogens with one attached hydrogen (secondary N) is 1. The third-order valence-electron chi connectivity index (χ3n) is 5.31. The summed E-state index contributed by atoms with van der Waals surface area (Å²) < 4.78 is 10.6. The number of rotatable bonds is 10. The van der Waals surface area contributed by atoms with Crippen LogP contribution in [-0.2, 0) is 16.0 Å². The van der Waals surface area contributed by atoms with Crippen LogP contribution >= 0.6 is 0 Å². The van der Waals surface area contributed by atoms with Crippen molar-refractivity contribution in [3.63, 3.8) is 0 Å². The van der Waals surface area contributed by atoms with E-state index in [4.69, 9.17) is 9.47 Å². The third kappa shape index (κ3) is 7.00. The fraction of sp³-hybridized carbons (Fsp3) is 0.417. The standard InChI is InChI=1S/C24H33N3O4/c1-17-7-10-20(11-8-17)25-23(28)16-27(4)24(29)18(2)26(3)14-13-19-9-12-21(30-5)22(15-19)31-6/h7-12,15,18H,13-14,16H2,1-6H3,(H,25,28)/t18-/m0/s1. The molecule has 7 nitrogen and oxygen atoms in total. The number of anilines is 1. The second-order valence-electron chi connectivity index (χ2n) is 7.70. The van der Waals surface area contributed by atoms with Gasteiger partial charge in [-0.25, -0.2) is 0 Å². The Bertz CT molecular complexity index is 883. The van der Waals surface area contributed by atoms with Gasteiger partial charge < -0.3 is 19.7 Å². The molecule has 0 saturated heterocycles. The van der Waals surface area contributed by atoms with Crippen molar-refractivity contribution in [3.8, 4) is 11.5 Å². The molecule has 31 heavy (non-hydrogen) atoms. The van der Waals surface area contributed by atoms with E-state index in [1.54, 1.807) is 21.3 Å². The van der Waals surface area contributed by atoms with Crippen molar-refractivity contribution < 1.29 is 19.1 Å². The summed E-state index contributed by atoms with van der Waals surface area (Å²) in [5.74, 6) is 1.05. The highest BCUT2D eigenvalue weighted by Crippen LogP contribution is 2.27. The third-order valence-corrected chi connectivity index (χ3v) is 5.31. The van der Waals surface area contributed by atoms with Gasteiger partial charge >= 0.3 is 0 Å². The molecule has 1 N–H and O–H groups in total. The lowest BCUT2D eigenvalue weighted by atomic mass is 10.1. The number of carbonyl (C=O) groups is 2. The smallest absolute Gasteiger partial charge is 0.243 e. The number of amides is 2. The number of carbonyl (C=O) groups excluding carboxylic acids is 2. The van der Waals surface area contributed by atoms with Crippen LogP contribution in [0.2, 0.25) is 0 Å². The minimum atomic E-state index is -0.350. The van der Waals surface area contributed by atoms with Crippen molar-refractivity contribution in [2.45, 2.75) is 26.3 Å². The number of methoxy groups -OCH3 is 2. The second-order valence-corrected chi connectivity index (χ2v) is 7.70. The van der Waals surface area contributed by atoms with Crippen LogP contribution < -0.4 is 14.8 Å². The number of aryl methyl sites for hydroxylation is 1. The zero-order chi connectivity index (χ0) is 23.0. The number of likely N-dealkylation sites (N-methyl/N-ethyl adjacent to an activating group) is 2. The molecule has 7 heteroatoms. The zero-order valence-corrected chi connectivity index (χ0v) is 19.3. The largest absolute Gasteiger partial charge is 0.493 e. The molecular weight excluding hydrogens is 394 g/mol. The minimum absolute atomic E-state index is 0.000564. The summed E-state index contributed by atoms with van der Waals surface area (Å²) in [5.41, 5.74) is 2.93. The molecule has 2 amide bonds. The summed E-state index contributed by atoms with van der Waals surface area (Å²) in [7, 11) is 6.77. The number of benzene rings is 2. The molecule has 168 valence electrons. The van der Waals surface area contributed by atoms with Gasteiger partial charge in [0.2, 0.25) is 11.8 Å². The van der Waals surface area contributed by atoms with Crippen LogP contribution in [0.5, 0.6) is 11.5 Å². The molecule has 0 radical (unpaired) electrons. The molecule has 0 fully saturated rings. The summed E-state index contributed by atoms with van der Waals surface area (Å²) in [6.07, 6.45) is 0.756. The molecule has 2 aromatic rings. The van der Waals surface area contributed by atoms with Crippen LogP contribution in [0.25, 0.3) is 0 Å². The Labute approximate surface area is 184 Å². The maximum atomic E-state index is 12.8.